The topological polar surface area (TPSA) is 92.4 Å². The first-order valence-corrected chi connectivity index (χ1v) is 6.08. The molecule has 1 aromatic carbocycles. The van der Waals surface area contributed by atoms with Gasteiger partial charge in [-0.05, 0) is 23.6 Å². The van der Waals surface area contributed by atoms with E-state index in [1.54, 1.807) is 12.1 Å². The fourth-order valence-corrected chi connectivity index (χ4v) is 1.63. The smallest absolute Gasteiger partial charge is 0.374 e. The van der Waals surface area contributed by atoms with Gasteiger partial charge in [0.15, 0.2) is 5.69 Å². The van der Waals surface area contributed by atoms with Crippen LogP contribution in [0.3, 0.4) is 0 Å². The largest absolute Gasteiger partial charge is 0.475 e. The number of nitrogens with one attached hydrogen (secondary N) is 1. The summed E-state index contributed by atoms with van der Waals surface area (Å²) in [6.45, 7) is 4.16. The maximum Gasteiger partial charge on any atom is 0.374 e. The summed E-state index contributed by atoms with van der Waals surface area (Å²) in [4.78, 5) is 22.5. The predicted molar refractivity (Wildman–Crippen MR) is 71.9 cm³/mol. The van der Waals surface area contributed by atoms with Gasteiger partial charge >= 0.3 is 5.97 Å². The number of aromatic carboxylic acids is 1. The lowest BCUT2D eigenvalue weighted by Crippen LogP contribution is -2.12. The molecule has 0 atom stereocenters. The molecule has 0 unspecified atom stereocenters. The number of carboxylic acids is 1. The highest BCUT2D eigenvalue weighted by molar-refractivity contribution is 6.03. The molecule has 0 radical (unpaired) electrons. The van der Waals surface area contributed by atoms with E-state index in [9.17, 15) is 9.59 Å². The van der Waals surface area contributed by atoms with E-state index in [1.165, 1.54) is 0 Å². The fraction of sp³-hybridized carbons (Fsp3) is 0.214. The van der Waals surface area contributed by atoms with Crippen LogP contribution in [0.1, 0.15) is 46.4 Å². The Labute approximate surface area is 115 Å². The number of amides is 1. The molecule has 20 heavy (non-hydrogen) atoms. The number of anilines is 1. The highest BCUT2D eigenvalue weighted by atomic mass is 16.5. The lowest BCUT2D eigenvalue weighted by atomic mass is 10.0. The van der Waals surface area contributed by atoms with Crippen LogP contribution >= 0.6 is 0 Å². The molecule has 0 bridgehead atoms. The van der Waals surface area contributed by atoms with Gasteiger partial charge in [-0.25, -0.2) is 4.79 Å². The first-order valence-electron chi connectivity index (χ1n) is 6.08. The molecule has 2 aromatic rings. The second kappa shape index (κ2) is 5.56. The Kier molecular flexibility index (Phi) is 3.84. The van der Waals surface area contributed by atoms with Crippen molar-refractivity contribution in [2.45, 2.75) is 19.8 Å². The molecule has 104 valence electrons. The Balaban J connectivity index is 2.08. The first kappa shape index (κ1) is 13.8. The van der Waals surface area contributed by atoms with Crippen molar-refractivity contribution in [2.75, 3.05) is 5.32 Å². The number of hydrogen-bond donors (Lipinski definition) is 2. The molecule has 0 aliphatic rings. The van der Waals surface area contributed by atoms with Crippen LogP contribution < -0.4 is 5.32 Å². The zero-order valence-electron chi connectivity index (χ0n) is 11.1. The molecule has 0 saturated heterocycles. The molecule has 2 rings (SSSR count). The summed E-state index contributed by atoms with van der Waals surface area (Å²) >= 11 is 0. The fourth-order valence-electron chi connectivity index (χ4n) is 1.63. The minimum absolute atomic E-state index is 0.0738. The van der Waals surface area contributed by atoms with E-state index in [4.69, 9.17) is 5.11 Å². The lowest BCUT2D eigenvalue weighted by Gasteiger charge is -2.07. The average Bonchev–Trinajstić information content (AvgIpc) is 2.89. The summed E-state index contributed by atoms with van der Waals surface area (Å²) in [5, 5.41) is 14.7. The zero-order chi connectivity index (χ0) is 14.7. The highest BCUT2D eigenvalue weighted by Crippen LogP contribution is 2.17. The summed E-state index contributed by atoms with van der Waals surface area (Å²) in [6, 6.07) is 8.49. The highest BCUT2D eigenvalue weighted by Gasteiger charge is 2.16. The number of carbonyl (C=O) groups excluding carboxylic acids is 1. The van der Waals surface area contributed by atoms with Gasteiger partial charge in [-0.15, -0.1) is 0 Å². The van der Waals surface area contributed by atoms with Crippen molar-refractivity contribution in [3.05, 3.63) is 47.3 Å². The Hall–Kier alpha value is -2.63. The summed E-state index contributed by atoms with van der Waals surface area (Å²) in [7, 11) is 0. The van der Waals surface area contributed by atoms with Crippen LogP contribution in [0.2, 0.25) is 0 Å². The summed E-state index contributed by atoms with van der Waals surface area (Å²) in [5.74, 6) is -1.74. The average molecular weight is 274 g/mol. The molecule has 1 heterocycles. The third-order valence-corrected chi connectivity index (χ3v) is 2.79. The second-order valence-corrected chi connectivity index (χ2v) is 4.61. The van der Waals surface area contributed by atoms with E-state index >= 15 is 0 Å². The molecule has 0 aliphatic carbocycles. The van der Waals surface area contributed by atoms with Crippen molar-refractivity contribution >= 4 is 17.6 Å². The van der Waals surface area contributed by atoms with Gasteiger partial charge in [0.05, 0.1) is 0 Å². The maximum atomic E-state index is 11.8. The predicted octanol–water partition coefficient (Wildman–Crippen LogP) is 2.75. The van der Waals surface area contributed by atoms with Gasteiger partial charge in [0.1, 0.15) is 0 Å². The molecule has 0 saturated carbocycles. The molecule has 1 aromatic heterocycles. The normalized spacial score (nSPS) is 10.6. The molecule has 0 fully saturated rings. The van der Waals surface area contributed by atoms with Crippen LogP contribution in [0.4, 0.5) is 5.69 Å². The van der Waals surface area contributed by atoms with Crippen LogP contribution in [0.5, 0.6) is 0 Å². The van der Waals surface area contributed by atoms with Crippen LogP contribution in [0.15, 0.2) is 34.9 Å². The minimum atomic E-state index is -1.27. The van der Waals surface area contributed by atoms with Crippen LogP contribution in [-0.2, 0) is 0 Å². The molecule has 1 amide bonds. The van der Waals surface area contributed by atoms with E-state index in [0.29, 0.717) is 11.6 Å². The number of benzene rings is 1. The number of aromatic nitrogens is 1. The minimum Gasteiger partial charge on any atom is -0.475 e. The van der Waals surface area contributed by atoms with E-state index in [-0.39, 0.29) is 11.5 Å². The Bertz CT molecular complexity index is 629. The summed E-state index contributed by atoms with van der Waals surface area (Å²) in [5.41, 5.74) is 1.70. The van der Waals surface area contributed by atoms with Crippen LogP contribution in [0.25, 0.3) is 0 Å². The quantitative estimate of drug-likeness (QED) is 0.894. The van der Waals surface area contributed by atoms with Crippen molar-refractivity contribution in [1.29, 1.82) is 0 Å². The summed E-state index contributed by atoms with van der Waals surface area (Å²) < 4.78 is 4.53. The molecule has 0 aliphatic heterocycles. The van der Waals surface area contributed by atoms with Crippen molar-refractivity contribution in [3.63, 3.8) is 0 Å². The molecule has 6 heteroatoms. The zero-order valence-corrected chi connectivity index (χ0v) is 11.1. The maximum absolute atomic E-state index is 11.8. The van der Waals surface area contributed by atoms with Crippen LogP contribution in [-0.4, -0.2) is 22.1 Å². The van der Waals surface area contributed by atoms with Crippen molar-refractivity contribution < 1.29 is 19.2 Å². The third-order valence-electron chi connectivity index (χ3n) is 2.79. The molecule has 6 nitrogen and oxygen atoms in total. The van der Waals surface area contributed by atoms with Crippen molar-refractivity contribution in [1.82, 2.24) is 5.16 Å². The monoisotopic (exact) mass is 274 g/mol. The van der Waals surface area contributed by atoms with Gasteiger partial charge in [-0.1, -0.05) is 31.1 Å². The van der Waals surface area contributed by atoms with Gasteiger partial charge in [0.25, 0.3) is 5.91 Å². The Morgan fingerprint density at radius 2 is 1.90 bits per heavy atom. The Morgan fingerprint density at radius 3 is 2.40 bits per heavy atom. The summed E-state index contributed by atoms with van der Waals surface area (Å²) in [6.07, 6.45) is 0. The standard InChI is InChI=1S/C14H14N2O4/c1-8(2)9-3-5-10(6-4-9)15-13(17)11-7-12(14(18)19)20-16-11/h3-8H,1-2H3,(H,15,17)(H,18,19). The van der Waals surface area contributed by atoms with Gasteiger partial charge < -0.3 is 14.9 Å². The van der Waals surface area contributed by atoms with Crippen molar-refractivity contribution in [3.8, 4) is 0 Å². The van der Waals surface area contributed by atoms with Gasteiger partial charge in [-0.3, -0.25) is 4.79 Å². The number of rotatable bonds is 4. The first-order chi connectivity index (χ1) is 9.47. The van der Waals surface area contributed by atoms with Crippen LogP contribution in [0, 0.1) is 0 Å². The molecular formula is C14H14N2O4. The second-order valence-electron chi connectivity index (χ2n) is 4.61. The SMILES string of the molecule is CC(C)c1ccc(NC(=O)c2cc(C(=O)O)on2)cc1. The van der Waals surface area contributed by atoms with Gasteiger partial charge in [0.2, 0.25) is 5.76 Å². The van der Waals surface area contributed by atoms with Gasteiger partial charge in [-0.2, -0.15) is 0 Å². The number of carboxylic acid groups (broad SMARTS) is 1. The van der Waals surface area contributed by atoms with Gasteiger partial charge in [0, 0.05) is 11.8 Å². The molecule has 0 spiro atoms. The van der Waals surface area contributed by atoms with E-state index < -0.39 is 11.9 Å². The molecule has 2 N–H and O–H groups in total. The van der Waals surface area contributed by atoms with E-state index in [0.717, 1.165) is 11.6 Å². The third kappa shape index (κ3) is 3.03. The van der Waals surface area contributed by atoms with Crippen molar-refractivity contribution in [2.24, 2.45) is 0 Å². The van der Waals surface area contributed by atoms with E-state index in [2.05, 4.69) is 28.8 Å². The number of nitrogens with zero attached hydrogens (tertiary/aromatic N) is 1. The number of hydrogen-bond acceptors (Lipinski definition) is 4. The number of carbonyl (C=O) groups is 2. The molecular weight excluding hydrogens is 260 g/mol. The lowest BCUT2D eigenvalue weighted by molar-refractivity contribution is 0.0651. The Morgan fingerprint density at radius 1 is 1.25 bits per heavy atom. The van der Waals surface area contributed by atoms with E-state index in [1.807, 2.05) is 12.1 Å².